The van der Waals surface area contributed by atoms with E-state index in [1.807, 2.05) is 6.92 Å². The molecule has 3 aromatic rings. The molecule has 0 aliphatic rings. The van der Waals surface area contributed by atoms with Crippen LogP contribution in [0.3, 0.4) is 0 Å². The Balaban J connectivity index is 1.96. The van der Waals surface area contributed by atoms with Crippen molar-refractivity contribution >= 4 is 22.1 Å². The van der Waals surface area contributed by atoms with Crippen LogP contribution < -0.4 is 5.56 Å². The predicted octanol–water partition coefficient (Wildman–Crippen LogP) is 0.866. The van der Waals surface area contributed by atoms with Gasteiger partial charge in [0.15, 0.2) is 0 Å². The second kappa shape index (κ2) is 5.05. The van der Waals surface area contributed by atoms with Crippen molar-refractivity contribution in [2.45, 2.75) is 19.9 Å². The van der Waals surface area contributed by atoms with Crippen LogP contribution in [-0.4, -0.2) is 29.1 Å². The van der Waals surface area contributed by atoms with Crippen LogP contribution >= 0.6 is 11.3 Å². The summed E-state index contributed by atoms with van der Waals surface area (Å²) >= 11 is 1.35. The minimum Gasteiger partial charge on any atom is -0.358 e. The van der Waals surface area contributed by atoms with Gasteiger partial charge in [-0.3, -0.25) is 4.79 Å². The maximum atomic E-state index is 12.0. The van der Waals surface area contributed by atoms with E-state index in [0.717, 1.165) is 11.4 Å². The molecular weight excluding hydrogens is 296 g/mol. The van der Waals surface area contributed by atoms with Gasteiger partial charge in [-0.2, -0.15) is 9.61 Å². The molecule has 0 atom stereocenters. The quantitative estimate of drug-likeness (QED) is 0.522. The SMILES string of the molecule is CCc1nn2c(=O)cc(Cn3cnc([N+](=O)[O-])c3)nc2s1. The van der Waals surface area contributed by atoms with E-state index in [9.17, 15) is 14.9 Å². The highest BCUT2D eigenvalue weighted by molar-refractivity contribution is 7.16. The lowest BCUT2D eigenvalue weighted by atomic mass is 10.4. The Kier molecular flexibility index (Phi) is 3.22. The summed E-state index contributed by atoms with van der Waals surface area (Å²) in [6, 6.07) is 1.37. The number of imidazole rings is 1. The van der Waals surface area contributed by atoms with Crippen molar-refractivity contribution in [1.82, 2.24) is 24.1 Å². The van der Waals surface area contributed by atoms with E-state index in [-0.39, 0.29) is 17.9 Å². The molecule has 3 aromatic heterocycles. The summed E-state index contributed by atoms with van der Waals surface area (Å²) in [5, 5.41) is 15.6. The molecule has 0 saturated heterocycles. The van der Waals surface area contributed by atoms with Crippen LogP contribution in [0.15, 0.2) is 23.4 Å². The Bertz CT molecular complexity index is 880. The number of aryl methyl sites for hydroxylation is 1. The average Bonchev–Trinajstić information content (AvgIpc) is 3.05. The zero-order valence-electron chi connectivity index (χ0n) is 11.0. The molecule has 0 radical (unpaired) electrons. The van der Waals surface area contributed by atoms with Crippen LogP contribution in [-0.2, 0) is 13.0 Å². The van der Waals surface area contributed by atoms with E-state index in [2.05, 4.69) is 15.1 Å². The molecule has 3 rings (SSSR count). The fourth-order valence-corrected chi connectivity index (χ4v) is 2.69. The van der Waals surface area contributed by atoms with Gasteiger partial charge in [-0.05, 0) is 16.3 Å². The monoisotopic (exact) mass is 306 g/mol. The minimum atomic E-state index is -0.571. The highest BCUT2D eigenvalue weighted by atomic mass is 32.1. The van der Waals surface area contributed by atoms with Gasteiger partial charge in [0.05, 0.1) is 12.2 Å². The lowest BCUT2D eigenvalue weighted by Crippen LogP contribution is -2.16. The van der Waals surface area contributed by atoms with Crippen molar-refractivity contribution in [3.8, 4) is 0 Å². The van der Waals surface area contributed by atoms with Crippen molar-refractivity contribution in [3.05, 3.63) is 49.8 Å². The Hall–Kier alpha value is -2.62. The van der Waals surface area contributed by atoms with Crippen molar-refractivity contribution < 1.29 is 4.92 Å². The Morgan fingerprint density at radius 3 is 2.95 bits per heavy atom. The summed E-state index contributed by atoms with van der Waals surface area (Å²) in [5.74, 6) is -0.237. The predicted molar refractivity (Wildman–Crippen MR) is 74.5 cm³/mol. The van der Waals surface area contributed by atoms with E-state index in [4.69, 9.17) is 0 Å². The number of rotatable bonds is 4. The number of hydrogen-bond donors (Lipinski definition) is 0. The molecule has 0 aliphatic heterocycles. The van der Waals surface area contributed by atoms with Crippen molar-refractivity contribution in [2.75, 3.05) is 0 Å². The summed E-state index contributed by atoms with van der Waals surface area (Å²) in [6.45, 7) is 2.19. The third kappa shape index (κ3) is 2.52. The Morgan fingerprint density at radius 1 is 1.48 bits per heavy atom. The number of fused-ring (bicyclic) bond motifs is 1. The van der Waals surface area contributed by atoms with Crippen LogP contribution in [0.1, 0.15) is 17.6 Å². The first-order valence-corrected chi connectivity index (χ1v) is 6.93. The standard InChI is InChI=1S/C11H10N6O3S/c1-2-9-14-16-10(18)3-7(13-11(16)21-9)4-15-5-8(12-6-15)17(19)20/h3,5-6H,2,4H2,1H3. The molecule has 0 fully saturated rings. The van der Waals surface area contributed by atoms with Gasteiger partial charge >= 0.3 is 5.82 Å². The maximum Gasteiger partial charge on any atom is 0.381 e. The fraction of sp³-hybridized carbons (Fsp3) is 0.273. The maximum absolute atomic E-state index is 12.0. The Labute approximate surface area is 121 Å². The largest absolute Gasteiger partial charge is 0.381 e. The number of hydrogen-bond acceptors (Lipinski definition) is 7. The molecule has 0 spiro atoms. The molecule has 0 amide bonds. The third-order valence-electron chi connectivity index (χ3n) is 2.79. The first-order valence-electron chi connectivity index (χ1n) is 6.11. The van der Waals surface area contributed by atoms with E-state index in [1.165, 1.54) is 39.0 Å². The van der Waals surface area contributed by atoms with Crippen molar-refractivity contribution in [2.24, 2.45) is 0 Å². The number of nitro groups is 1. The van der Waals surface area contributed by atoms with Gasteiger partial charge in [-0.25, -0.2) is 4.98 Å². The van der Waals surface area contributed by atoms with E-state index in [0.29, 0.717) is 10.7 Å². The summed E-state index contributed by atoms with van der Waals surface area (Å²) in [4.78, 5) is 30.5. The third-order valence-corrected chi connectivity index (χ3v) is 3.85. The zero-order chi connectivity index (χ0) is 15.0. The van der Waals surface area contributed by atoms with Gasteiger partial charge in [-0.1, -0.05) is 18.3 Å². The Morgan fingerprint density at radius 2 is 2.29 bits per heavy atom. The first-order chi connectivity index (χ1) is 10.1. The lowest BCUT2D eigenvalue weighted by molar-refractivity contribution is -0.389. The van der Waals surface area contributed by atoms with Gasteiger partial charge < -0.3 is 14.7 Å². The lowest BCUT2D eigenvalue weighted by Gasteiger charge is -1.99. The van der Waals surface area contributed by atoms with Crippen LogP contribution in [0, 0.1) is 10.1 Å². The topological polar surface area (TPSA) is 108 Å². The van der Waals surface area contributed by atoms with Crippen molar-refractivity contribution in [3.63, 3.8) is 0 Å². The van der Waals surface area contributed by atoms with Gasteiger partial charge in [0.1, 0.15) is 11.2 Å². The molecule has 21 heavy (non-hydrogen) atoms. The number of aromatic nitrogens is 5. The molecule has 0 N–H and O–H groups in total. The summed E-state index contributed by atoms with van der Waals surface area (Å²) in [7, 11) is 0. The summed E-state index contributed by atoms with van der Waals surface area (Å²) in [6.07, 6.45) is 3.37. The van der Waals surface area contributed by atoms with E-state index < -0.39 is 4.92 Å². The molecule has 9 nitrogen and oxygen atoms in total. The second-order valence-electron chi connectivity index (χ2n) is 4.29. The molecule has 0 aromatic carbocycles. The summed E-state index contributed by atoms with van der Waals surface area (Å²) in [5.41, 5.74) is 0.249. The average molecular weight is 306 g/mol. The molecule has 0 unspecified atom stereocenters. The second-order valence-corrected chi connectivity index (χ2v) is 5.33. The molecule has 0 aliphatic carbocycles. The van der Waals surface area contributed by atoms with Crippen LogP contribution in [0.25, 0.3) is 4.96 Å². The normalized spacial score (nSPS) is 11.1. The zero-order valence-corrected chi connectivity index (χ0v) is 11.8. The van der Waals surface area contributed by atoms with E-state index in [1.54, 1.807) is 0 Å². The molecule has 10 heteroatoms. The van der Waals surface area contributed by atoms with Crippen LogP contribution in [0.5, 0.6) is 0 Å². The smallest absolute Gasteiger partial charge is 0.358 e. The fourth-order valence-electron chi connectivity index (χ4n) is 1.84. The highest BCUT2D eigenvalue weighted by Crippen LogP contribution is 2.13. The van der Waals surface area contributed by atoms with Gasteiger partial charge in [0.25, 0.3) is 5.56 Å². The number of nitrogens with zero attached hydrogens (tertiary/aromatic N) is 6. The highest BCUT2D eigenvalue weighted by Gasteiger charge is 2.12. The van der Waals surface area contributed by atoms with Gasteiger partial charge in [-0.15, -0.1) is 0 Å². The minimum absolute atomic E-state index is 0.237. The van der Waals surface area contributed by atoms with Crippen molar-refractivity contribution in [1.29, 1.82) is 0 Å². The summed E-state index contributed by atoms with van der Waals surface area (Å²) < 4.78 is 2.78. The van der Waals surface area contributed by atoms with Crippen LogP contribution in [0.4, 0.5) is 5.82 Å². The molecule has 3 heterocycles. The molecule has 0 saturated carbocycles. The first kappa shape index (κ1) is 13.4. The molecule has 108 valence electrons. The molecule has 0 bridgehead atoms. The van der Waals surface area contributed by atoms with Gasteiger partial charge in [0.2, 0.25) is 11.3 Å². The van der Waals surface area contributed by atoms with Gasteiger partial charge in [0, 0.05) is 6.07 Å². The molecular formula is C11H10N6O3S. The van der Waals surface area contributed by atoms with Crippen LogP contribution in [0.2, 0.25) is 0 Å². The van der Waals surface area contributed by atoms with E-state index >= 15 is 0 Å².